The molecule has 0 unspecified atom stereocenters. The topological polar surface area (TPSA) is 104 Å². The summed E-state index contributed by atoms with van der Waals surface area (Å²) < 4.78 is 2.10. The molecular formula is C24H41ClN8O. The highest BCUT2D eigenvalue weighted by Gasteiger charge is 2.20. The van der Waals surface area contributed by atoms with E-state index in [-0.39, 0.29) is 0 Å². The average Bonchev–Trinajstić information content (AvgIpc) is 3.26. The molecule has 34 heavy (non-hydrogen) atoms. The minimum atomic E-state index is 0.401. The van der Waals surface area contributed by atoms with Crippen LogP contribution in [0.1, 0.15) is 57.2 Å². The van der Waals surface area contributed by atoms with Crippen LogP contribution in [0.4, 0.5) is 5.69 Å². The number of likely N-dealkylation sites (tertiary alicyclic amines) is 1. The number of hydrogen-bond donors (Lipinski definition) is 2. The zero-order valence-electron chi connectivity index (χ0n) is 20.9. The van der Waals surface area contributed by atoms with Crippen LogP contribution >= 0.6 is 11.6 Å². The lowest BCUT2D eigenvalue weighted by molar-refractivity contribution is -0.107. The monoisotopic (exact) mass is 492 g/mol. The first-order valence-corrected chi connectivity index (χ1v) is 12.7. The van der Waals surface area contributed by atoms with Gasteiger partial charge in [0, 0.05) is 25.4 Å². The summed E-state index contributed by atoms with van der Waals surface area (Å²) in [5, 5.41) is 8.50. The number of nitrogens with zero attached hydrogens (tertiary/aromatic N) is 6. The summed E-state index contributed by atoms with van der Waals surface area (Å²) in [6, 6.07) is 0.429. The molecule has 10 heteroatoms. The molecule has 190 valence electrons. The number of halogens is 1. The van der Waals surface area contributed by atoms with Gasteiger partial charge in [0.15, 0.2) is 5.84 Å². The molecule has 1 aliphatic heterocycles. The van der Waals surface area contributed by atoms with E-state index in [1.54, 1.807) is 6.20 Å². The largest absolute Gasteiger partial charge is 0.390 e. The van der Waals surface area contributed by atoms with Gasteiger partial charge in [-0.25, -0.2) is 4.99 Å². The number of amidine groups is 1. The van der Waals surface area contributed by atoms with Crippen molar-refractivity contribution < 1.29 is 4.79 Å². The molecule has 1 fully saturated rings. The Kier molecular flexibility index (Phi) is 12.9. The number of hydrogen-bond acceptors (Lipinski definition) is 6. The molecule has 0 amide bonds. The minimum Gasteiger partial charge on any atom is -0.390 e. The van der Waals surface area contributed by atoms with Crippen LogP contribution in [-0.2, 0) is 11.2 Å². The molecule has 0 aliphatic carbocycles. The van der Waals surface area contributed by atoms with Crippen LogP contribution in [0.2, 0.25) is 0 Å². The van der Waals surface area contributed by atoms with E-state index in [2.05, 4.69) is 57.0 Å². The van der Waals surface area contributed by atoms with Gasteiger partial charge in [0.2, 0.25) is 0 Å². The molecular weight excluding hydrogens is 452 g/mol. The van der Waals surface area contributed by atoms with Crippen molar-refractivity contribution in [2.24, 2.45) is 15.7 Å². The lowest BCUT2D eigenvalue weighted by atomic mass is 10.1. The first-order chi connectivity index (χ1) is 16.5. The van der Waals surface area contributed by atoms with E-state index in [1.165, 1.54) is 6.34 Å². The van der Waals surface area contributed by atoms with Gasteiger partial charge in [0.25, 0.3) is 0 Å². The summed E-state index contributed by atoms with van der Waals surface area (Å²) >= 11 is 6.51. The molecule has 1 aromatic heterocycles. The molecule has 0 saturated carbocycles. The number of nitrogens with two attached hydrogens (primary N) is 1. The van der Waals surface area contributed by atoms with Gasteiger partial charge < -0.3 is 25.6 Å². The van der Waals surface area contributed by atoms with E-state index in [4.69, 9.17) is 22.4 Å². The fraction of sp³-hybridized carbons (Fsp3) is 0.667. The van der Waals surface area contributed by atoms with Crippen LogP contribution in [0.25, 0.3) is 0 Å². The number of rotatable bonds is 14. The Balaban J connectivity index is 1.92. The minimum absolute atomic E-state index is 0.401. The first-order valence-electron chi connectivity index (χ1n) is 12.3. The fourth-order valence-electron chi connectivity index (χ4n) is 3.96. The normalized spacial score (nSPS) is 16.6. The van der Waals surface area contributed by atoms with Crippen molar-refractivity contribution in [2.75, 3.05) is 52.1 Å². The van der Waals surface area contributed by atoms with E-state index in [0.29, 0.717) is 29.9 Å². The van der Waals surface area contributed by atoms with E-state index in [9.17, 15) is 4.79 Å². The van der Waals surface area contributed by atoms with Gasteiger partial charge in [-0.1, -0.05) is 18.5 Å². The zero-order valence-corrected chi connectivity index (χ0v) is 21.7. The summed E-state index contributed by atoms with van der Waals surface area (Å²) in [7, 11) is 4.24. The predicted molar refractivity (Wildman–Crippen MR) is 142 cm³/mol. The first kappa shape index (κ1) is 28.0. The van der Waals surface area contributed by atoms with Crippen molar-refractivity contribution in [1.29, 1.82) is 0 Å². The Bertz CT molecular complexity index is 827. The predicted octanol–water partition coefficient (Wildman–Crippen LogP) is 3.28. The molecule has 2 heterocycles. The van der Waals surface area contributed by atoms with Gasteiger partial charge in [-0.3, -0.25) is 9.67 Å². The van der Waals surface area contributed by atoms with Crippen LogP contribution in [0.15, 0.2) is 27.4 Å². The smallest absolute Gasteiger partial charge is 0.169 e. The summed E-state index contributed by atoms with van der Waals surface area (Å²) in [6.07, 6.45) is 12.5. The molecule has 0 aromatic carbocycles. The number of anilines is 1. The second kappa shape index (κ2) is 15.6. The highest BCUT2D eigenvalue weighted by atomic mass is 35.5. The van der Waals surface area contributed by atoms with E-state index in [1.807, 2.05) is 0 Å². The number of unbranched alkanes of at least 4 members (excludes halogenated alkanes) is 2. The second-order valence-electron chi connectivity index (χ2n) is 8.80. The lowest BCUT2D eigenvalue weighted by Gasteiger charge is -2.28. The van der Waals surface area contributed by atoms with Crippen LogP contribution in [0.5, 0.6) is 0 Å². The van der Waals surface area contributed by atoms with E-state index < -0.39 is 0 Å². The maximum absolute atomic E-state index is 10.4. The van der Waals surface area contributed by atoms with Crippen molar-refractivity contribution >= 4 is 35.7 Å². The maximum Gasteiger partial charge on any atom is 0.169 e. The Morgan fingerprint density at radius 3 is 2.74 bits per heavy atom. The number of aldehydes is 1. The average molecular weight is 493 g/mol. The zero-order chi connectivity index (χ0) is 24.8. The SMILES string of the molecule is CCc1nn(C2CCN(C)CC2)cc1NC=C(Cl)C(N=CN)=NCCCN(C)CCCCC=O. The summed E-state index contributed by atoms with van der Waals surface area (Å²) in [5.74, 6) is 0.408. The highest BCUT2D eigenvalue weighted by Crippen LogP contribution is 2.25. The number of carbonyl (C=O) groups excluding carboxylic acids is 1. The third kappa shape index (κ3) is 9.56. The van der Waals surface area contributed by atoms with Gasteiger partial charge in [-0.15, -0.1) is 0 Å². The molecule has 0 spiro atoms. The maximum atomic E-state index is 10.4. The molecule has 1 aliphatic rings. The van der Waals surface area contributed by atoms with Gasteiger partial charge >= 0.3 is 0 Å². The van der Waals surface area contributed by atoms with Crippen LogP contribution < -0.4 is 11.1 Å². The number of piperidine rings is 1. The standard InChI is InChI=1S/C24H41ClN8O/c1-4-22-23(18-33(30-22)20-9-14-32(3)15-10-20)28-17-21(25)24(29-19-26)27-11-8-13-31(2)12-6-5-7-16-34/h16-20,28H,4-15H2,1-3H3,(H2,26,27,29). The quantitative estimate of drug-likeness (QED) is 0.179. The second-order valence-corrected chi connectivity index (χ2v) is 9.20. The summed E-state index contributed by atoms with van der Waals surface area (Å²) in [4.78, 5) is 23.7. The van der Waals surface area contributed by atoms with Crippen molar-refractivity contribution in [3.8, 4) is 0 Å². The Labute approximate surface area is 209 Å². The molecule has 0 atom stereocenters. The van der Waals surface area contributed by atoms with E-state index in [0.717, 1.165) is 82.4 Å². The summed E-state index contributed by atoms with van der Waals surface area (Å²) in [6.45, 7) is 6.77. The van der Waals surface area contributed by atoms with Crippen molar-refractivity contribution in [3.05, 3.63) is 23.1 Å². The molecule has 0 radical (unpaired) electrons. The van der Waals surface area contributed by atoms with Crippen LogP contribution in [-0.4, -0.2) is 84.9 Å². The molecule has 0 bridgehead atoms. The Morgan fingerprint density at radius 1 is 1.32 bits per heavy atom. The van der Waals surface area contributed by atoms with Gasteiger partial charge in [-0.2, -0.15) is 5.10 Å². The molecule has 1 saturated heterocycles. The highest BCUT2D eigenvalue weighted by molar-refractivity contribution is 6.43. The number of carbonyl (C=O) groups is 1. The van der Waals surface area contributed by atoms with Crippen molar-refractivity contribution in [2.45, 2.75) is 57.9 Å². The van der Waals surface area contributed by atoms with Crippen LogP contribution in [0.3, 0.4) is 0 Å². The van der Waals surface area contributed by atoms with Crippen molar-refractivity contribution in [1.82, 2.24) is 19.6 Å². The lowest BCUT2D eigenvalue weighted by Crippen LogP contribution is -2.31. The number of aliphatic imine (C=N–C) groups is 2. The molecule has 1 aromatic rings. The third-order valence-electron chi connectivity index (χ3n) is 6.04. The van der Waals surface area contributed by atoms with Gasteiger partial charge in [-0.05, 0) is 78.8 Å². The van der Waals surface area contributed by atoms with Gasteiger partial charge in [0.1, 0.15) is 11.3 Å². The number of aryl methyl sites for hydroxylation is 1. The molecule has 2 rings (SSSR count). The van der Waals surface area contributed by atoms with E-state index >= 15 is 0 Å². The Morgan fingerprint density at radius 2 is 2.06 bits per heavy atom. The molecule has 3 N–H and O–H groups in total. The fourth-order valence-corrected chi connectivity index (χ4v) is 4.12. The van der Waals surface area contributed by atoms with Crippen molar-refractivity contribution in [3.63, 3.8) is 0 Å². The van der Waals surface area contributed by atoms with Crippen LogP contribution in [0, 0.1) is 0 Å². The summed E-state index contributed by atoms with van der Waals surface area (Å²) in [5.41, 5.74) is 7.48. The van der Waals surface area contributed by atoms with Gasteiger partial charge in [0.05, 0.1) is 23.8 Å². The number of nitrogens with one attached hydrogen (secondary N) is 1. The Hall–Kier alpha value is -2.23. The number of aromatic nitrogens is 2. The third-order valence-corrected chi connectivity index (χ3v) is 6.32. The molecule has 9 nitrogen and oxygen atoms in total.